The molecule has 0 heterocycles. The van der Waals surface area contributed by atoms with Gasteiger partial charge < -0.3 is 15.3 Å². The predicted octanol–water partition coefficient (Wildman–Crippen LogP) is 1.90. The molecule has 28 heavy (non-hydrogen) atoms. The summed E-state index contributed by atoms with van der Waals surface area (Å²) in [6, 6.07) is 0. The highest BCUT2D eigenvalue weighted by Crippen LogP contribution is 2.70. The predicted molar refractivity (Wildman–Crippen MR) is 99.9 cm³/mol. The fourth-order valence-electron chi connectivity index (χ4n) is 7.26. The molecule has 4 rings (SSSR count). The van der Waals surface area contributed by atoms with E-state index in [9.17, 15) is 24.9 Å². The normalized spacial score (nSPS) is 52.5. The van der Waals surface area contributed by atoms with Crippen molar-refractivity contribution in [1.29, 1.82) is 0 Å². The molecular weight excluding hydrogens is 363 g/mol. The van der Waals surface area contributed by atoms with E-state index in [1.807, 2.05) is 0 Å². The van der Waals surface area contributed by atoms with Crippen LogP contribution in [0.3, 0.4) is 0 Å². The van der Waals surface area contributed by atoms with Gasteiger partial charge in [-0.2, -0.15) is 0 Å². The molecule has 0 radical (unpaired) electrons. The Morgan fingerprint density at radius 3 is 2.64 bits per heavy atom. The van der Waals surface area contributed by atoms with Crippen molar-refractivity contribution in [2.75, 3.05) is 6.61 Å². The number of ketones is 2. The zero-order valence-corrected chi connectivity index (χ0v) is 16.6. The van der Waals surface area contributed by atoms with E-state index in [0.717, 1.165) is 0 Å². The van der Waals surface area contributed by atoms with E-state index in [0.29, 0.717) is 24.8 Å². The zero-order valence-electron chi connectivity index (χ0n) is 16.6. The first-order valence-corrected chi connectivity index (χ1v) is 10.1. The van der Waals surface area contributed by atoms with Gasteiger partial charge >= 0.3 is 0 Å². The van der Waals surface area contributed by atoms with Crippen LogP contribution < -0.4 is 0 Å². The molecule has 3 N–H and O–H groups in total. The lowest BCUT2D eigenvalue weighted by Crippen LogP contribution is -2.69. The van der Waals surface area contributed by atoms with Crippen molar-refractivity contribution in [2.24, 2.45) is 28.6 Å². The number of carbonyl (C=O) groups excluding carboxylic acids is 2. The van der Waals surface area contributed by atoms with Crippen LogP contribution in [0.2, 0.25) is 0 Å². The molecule has 0 aromatic heterocycles. The van der Waals surface area contributed by atoms with Crippen molar-refractivity contribution in [3.8, 4) is 0 Å². The average molecular weight is 392 g/mol. The molecule has 0 spiro atoms. The number of allylic oxidation sites excluding steroid dienone is 4. The first-order valence-electron chi connectivity index (χ1n) is 10.1. The third kappa shape index (κ3) is 2.01. The van der Waals surface area contributed by atoms with Crippen molar-refractivity contribution in [1.82, 2.24) is 0 Å². The van der Waals surface area contributed by atoms with Crippen molar-refractivity contribution in [3.63, 3.8) is 0 Å². The first-order chi connectivity index (χ1) is 13.0. The summed E-state index contributed by atoms with van der Waals surface area (Å²) in [5.41, 5.74) is -5.17. The number of alkyl halides is 1. The molecule has 5 nitrogen and oxygen atoms in total. The third-order valence-electron chi connectivity index (χ3n) is 8.79. The lowest BCUT2D eigenvalue weighted by Gasteiger charge is -2.62. The number of aliphatic hydroxyl groups excluding tert-OH is 2. The Bertz CT molecular complexity index is 805. The van der Waals surface area contributed by atoms with Crippen LogP contribution in [0.25, 0.3) is 0 Å². The third-order valence-corrected chi connectivity index (χ3v) is 8.79. The number of hydrogen-bond acceptors (Lipinski definition) is 5. The molecule has 0 saturated heterocycles. The summed E-state index contributed by atoms with van der Waals surface area (Å²) in [4.78, 5) is 24.4. The molecule has 3 fully saturated rings. The number of fused-ring (bicyclic) bond motifs is 5. The molecule has 8 atom stereocenters. The summed E-state index contributed by atoms with van der Waals surface area (Å²) < 4.78 is 16.9. The van der Waals surface area contributed by atoms with Crippen LogP contribution in [0, 0.1) is 28.6 Å². The van der Waals surface area contributed by atoms with Crippen LogP contribution in [0.1, 0.15) is 46.5 Å². The quantitative estimate of drug-likeness (QED) is 0.667. The van der Waals surface area contributed by atoms with Gasteiger partial charge in [-0.3, -0.25) is 9.59 Å². The maximum atomic E-state index is 16.9. The van der Waals surface area contributed by atoms with E-state index in [-0.39, 0.29) is 18.1 Å². The fourth-order valence-corrected chi connectivity index (χ4v) is 7.26. The largest absolute Gasteiger partial charge is 0.390 e. The van der Waals surface area contributed by atoms with Crippen LogP contribution in [0.15, 0.2) is 23.8 Å². The molecule has 0 unspecified atom stereocenters. The van der Waals surface area contributed by atoms with Gasteiger partial charge in [0.15, 0.2) is 17.2 Å². The Balaban J connectivity index is 1.84. The minimum Gasteiger partial charge on any atom is -0.390 e. The van der Waals surface area contributed by atoms with Gasteiger partial charge in [0.1, 0.15) is 12.2 Å². The van der Waals surface area contributed by atoms with E-state index in [1.54, 1.807) is 26.8 Å². The molecule has 0 aliphatic heterocycles. The Morgan fingerprint density at radius 2 is 2.00 bits per heavy atom. The summed E-state index contributed by atoms with van der Waals surface area (Å²) in [6.07, 6.45) is 4.44. The average Bonchev–Trinajstić information content (AvgIpc) is 2.84. The standard InChI is InChI=1S/C22H29FO5/c1-12-8-16-15-5-4-13-9-14(25)6-7-19(13,2)21(15,23)17(26)10-20(16,3)22(12,28)18(27)11-24/h6-7,9,12,15-17,24,26,28H,4-5,8,10-11H2,1-3H3/t12-,15+,16+,17+,19+,20+,21+,22-/m1/s1. The monoisotopic (exact) mass is 392 g/mol. The Labute approximate surface area is 164 Å². The van der Waals surface area contributed by atoms with Gasteiger partial charge in [0.25, 0.3) is 0 Å². The molecule has 0 amide bonds. The van der Waals surface area contributed by atoms with Crippen molar-refractivity contribution < 1.29 is 29.3 Å². The maximum Gasteiger partial charge on any atom is 0.190 e. The van der Waals surface area contributed by atoms with Gasteiger partial charge in [-0.15, -0.1) is 0 Å². The van der Waals surface area contributed by atoms with E-state index in [2.05, 4.69) is 0 Å². The maximum absolute atomic E-state index is 16.9. The van der Waals surface area contributed by atoms with Gasteiger partial charge in [-0.05, 0) is 56.6 Å². The van der Waals surface area contributed by atoms with Crippen LogP contribution in [-0.2, 0) is 9.59 Å². The topological polar surface area (TPSA) is 94.8 Å². The number of rotatable bonds is 2. The summed E-state index contributed by atoms with van der Waals surface area (Å²) in [5, 5.41) is 32.0. The van der Waals surface area contributed by atoms with Crippen molar-refractivity contribution in [3.05, 3.63) is 23.8 Å². The molecule has 6 heteroatoms. The highest BCUT2D eigenvalue weighted by atomic mass is 19.1. The van der Waals surface area contributed by atoms with E-state index in [1.165, 1.54) is 12.2 Å². The molecule has 3 saturated carbocycles. The number of hydrogen-bond donors (Lipinski definition) is 3. The van der Waals surface area contributed by atoms with Gasteiger partial charge in [0.2, 0.25) is 0 Å². The molecular formula is C22H29FO5. The first kappa shape index (κ1) is 19.9. The van der Waals surface area contributed by atoms with Crippen molar-refractivity contribution >= 4 is 11.6 Å². The van der Waals surface area contributed by atoms with Gasteiger partial charge in [0.05, 0.1) is 6.10 Å². The van der Waals surface area contributed by atoms with E-state index >= 15 is 4.39 Å². The summed E-state index contributed by atoms with van der Waals surface area (Å²) in [6.45, 7) is 4.48. The van der Waals surface area contributed by atoms with Gasteiger partial charge in [-0.1, -0.05) is 25.5 Å². The Kier molecular flexibility index (Phi) is 4.15. The number of halogens is 1. The van der Waals surface area contributed by atoms with E-state index < -0.39 is 52.4 Å². The Hall–Kier alpha value is -1.37. The van der Waals surface area contributed by atoms with Crippen molar-refractivity contribution in [2.45, 2.75) is 63.8 Å². The second kappa shape index (κ2) is 5.83. The number of aliphatic hydroxyl groups is 3. The summed E-state index contributed by atoms with van der Waals surface area (Å²) in [5.74, 6) is -2.12. The highest BCUT2D eigenvalue weighted by molar-refractivity contribution is 6.01. The summed E-state index contributed by atoms with van der Waals surface area (Å²) in [7, 11) is 0. The molecule has 0 bridgehead atoms. The minimum atomic E-state index is -1.98. The minimum absolute atomic E-state index is 0.0676. The van der Waals surface area contributed by atoms with Crippen LogP contribution in [-0.4, -0.2) is 50.9 Å². The molecule has 154 valence electrons. The second-order valence-electron chi connectivity index (χ2n) is 9.75. The second-order valence-corrected chi connectivity index (χ2v) is 9.75. The lowest BCUT2D eigenvalue weighted by molar-refractivity contribution is -0.219. The molecule has 0 aromatic rings. The Morgan fingerprint density at radius 1 is 1.32 bits per heavy atom. The van der Waals surface area contributed by atoms with Crippen LogP contribution in [0.4, 0.5) is 4.39 Å². The molecule has 0 aromatic carbocycles. The zero-order chi connectivity index (χ0) is 20.7. The summed E-state index contributed by atoms with van der Waals surface area (Å²) >= 11 is 0. The van der Waals surface area contributed by atoms with Crippen LogP contribution >= 0.6 is 0 Å². The number of carbonyl (C=O) groups is 2. The van der Waals surface area contributed by atoms with Gasteiger partial charge in [-0.25, -0.2) is 4.39 Å². The SMILES string of the molecule is C[C@@H]1C[C@H]2[C@@H]3CCC4=CC(=O)C=C[C@]4(C)[C@@]3(F)[C@@H](O)C[C@]2(C)[C@]1(O)C(=O)CO. The van der Waals surface area contributed by atoms with Gasteiger partial charge in [0, 0.05) is 16.7 Å². The fraction of sp³-hybridized carbons (Fsp3) is 0.727. The highest BCUT2D eigenvalue weighted by Gasteiger charge is 2.75. The van der Waals surface area contributed by atoms with E-state index in [4.69, 9.17) is 0 Å². The molecule has 4 aliphatic rings. The van der Waals surface area contributed by atoms with Crippen LogP contribution in [0.5, 0.6) is 0 Å². The molecule has 4 aliphatic carbocycles. The number of Topliss-reactive ketones (excluding diaryl/α,β-unsaturated/α-hetero) is 1. The lowest BCUT2D eigenvalue weighted by atomic mass is 9.44. The smallest absolute Gasteiger partial charge is 0.190 e.